The number of aliphatic imine (C=N–C) groups is 1. The number of aromatic nitrogens is 1. The zero-order valence-electron chi connectivity index (χ0n) is 17.5. The zero-order valence-corrected chi connectivity index (χ0v) is 17.5. The number of carboxylic acids is 1. The number of rotatable bonds is 12. The van der Waals surface area contributed by atoms with E-state index in [1.54, 1.807) is 6.20 Å². The number of guanidine groups is 1. The first-order chi connectivity index (χ1) is 15.2. The van der Waals surface area contributed by atoms with Crippen molar-refractivity contribution in [2.24, 2.45) is 22.2 Å². The van der Waals surface area contributed by atoms with Crippen LogP contribution in [0.1, 0.15) is 18.4 Å². The Kier molecular flexibility index (Phi) is 8.98. The molecule has 2 rings (SSSR count). The number of aliphatic hydroxyl groups is 1. The SMILES string of the molecule is NC(N)=NCCC[C@H](NC(=O)[C@H](CO)NC(=O)[C@@H](N)Cc1c[nH]c2ccccc12)C(=O)O. The number of nitrogens with zero attached hydrogens (tertiary/aromatic N) is 1. The second-order valence-corrected chi connectivity index (χ2v) is 7.26. The number of carbonyl (C=O) groups excluding carboxylic acids is 2. The highest BCUT2D eigenvalue weighted by Gasteiger charge is 2.27. The number of hydrogen-bond donors (Lipinski definition) is 8. The molecule has 0 aliphatic rings. The number of aliphatic carboxylic acids is 1. The highest BCUT2D eigenvalue weighted by atomic mass is 16.4. The summed E-state index contributed by atoms with van der Waals surface area (Å²) in [4.78, 5) is 43.2. The van der Waals surface area contributed by atoms with E-state index in [1.165, 1.54) is 0 Å². The molecule has 3 atom stereocenters. The topological polar surface area (TPSA) is 222 Å². The maximum Gasteiger partial charge on any atom is 0.326 e. The Morgan fingerprint density at radius 1 is 1.09 bits per heavy atom. The fourth-order valence-corrected chi connectivity index (χ4v) is 3.14. The lowest BCUT2D eigenvalue weighted by Gasteiger charge is -2.21. The predicted molar refractivity (Wildman–Crippen MR) is 118 cm³/mol. The standard InChI is InChI=1S/C20H29N7O5/c21-13(8-11-9-25-14-5-2-1-4-12(11)14)17(29)27-16(10-28)18(30)26-15(19(31)32)6-3-7-24-20(22)23/h1-2,4-5,9,13,15-16,25,28H,3,6-8,10,21H2,(H,26,30)(H,27,29)(H,31,32)(H4,22,23,24)/t13-,15-,16-/m0/s1. The van der Waals surface area contributed by atoms with Crippen LogP contribution in [0.4, 0.5) is 0 Å². The normalized spacial score (nSPS) is 13.7. The van der Waals surface area contributed by atoms with Gasteiger partial charge in [0.1, 0.15) is 12.1 Å². The number of nitrogens with one attached hydrogen (secondary N) is 3. The monoisotopic (exact) mass is 447 g/mol. The van der Waals surface area contributed by atoms with Crippen molar-refractivity contribution >= 4 is 34.6 Å². The van der Waals surface area contributed by atoms with Crippen molar-refractivity contribution in [2.45, 2.75) is 37.4 Å². The van der Waals surface area contributed by atoms with Crippen molar-refractivity contribution in [2.75, 3.05) is 13.2 Å². The van der Waals surface area contributed by atoms with Crippen molar-refractivity contribution in [1.82, 2.24) is 15.6 Å². The number of hydrogen-bond acceptors (Lipinski definition) is 6. The molecule has 32 heavy (non-hydrogen) atoms. The van der Waals surface area contributed by atoms with Gasteiger partial charge in [-0.05, 0) is 30.9 Å². The lowest BCUT2D eigenvalue weighted by Crippen LogP contribution is -2.56. The van der Waals surface area contributed by atoms with Crippen LogP contribution in [0.25, 0.3) is 10.9 Å². The van der Waals surface area contributed by atoms with E-state index >= 15 is 0 Å². The third kappa shape index (κ3) is 6.96. The second kappa shape index (κ2) is 11.7. The maximum absolute atomic E-state index is 12.5. The largest absolute Gasteiger partial charge is 0.480 e. The fourth-order valence-electron chi connectivity index (χ4n) is 3.14. The second-order valence-electron chi connectivity index (χ2n) is 7.26. The first kappa shape index (κ1) is 24.6. The van der Waals surface area contributed by atoms with Crippen molar-refractivity contribution in [3.05, 3.63) is 36.0 Å². The molecular weight excluding hydrogens is 418 g/mol. The molecule has 0 unspecified atom stereocenters. The van der Waals surface area contributed by atoms with Crippen LogP contribution in [0.2, 0.25) is 0 Å². The molecule has 1 aromatic heterocycles. The highest BCUT2D eigenvalue weighted by Crippen LogP contribution is 2.18. The summed E-state index contributed by atoms with van der Waals surface area (Å²) in [7, 11) is 0. The minimum atomic E-state index is -1.35. The summed E-state index contributed by atoms with van der Waals surface area (Å²) in [5, 5.41) is 24.4. The average Bonchev–Trinajstić information content (AvgIpc) is 3.16. The molecular formula is C20H29N7O5. The summed E-state index contributed by atoms with van der Waals surface area (Å²) in [5.74, 6) is -2.87. The van der Waals surface area contributed by atoms with Gasteiger partial charge in [0, 0.05) is 23.6 Å². The minimum Gasteiger partial charge on any atom is -0.480 e. The summed E-state index contributed by atoms with van der Waals surface area (Å²) in [6, 6.07) is 3.98. The van der Waals surface area contributed by atoms with Crippen molar-refractivity contribution in [1.29, 1.82) is 0 Å². The number of H-pyrrole nitrogens is 1. The Morgan fingerprint density at radius 2 is 1.78 bits per heavy atom. The molecule has 0 fully saturated rings. The number of amides is 2. The van der Waals surface area contributed by atoms with Gasteiger partial charge in [-0.2, -0.15) is 0 Å². The smallest absolute Gasteiger partial charge is 0.326 e. The molecule has 0 saturated heterocycles. The number of para-hydroxylation sites is 1. The molecule has 2 amide bonds. The maximum atomic E-state index is 12.5. The van der Waals surface area contributed by atoms with Gasteiger partial charge in [0.05, 0.1) is 12.6 Å². The molecule has 0 aliphatic heterocycles. The number of nitrogens with two attached hydrogens (primary N) is 3. The lowest BCUT2D eigenvalue weighted by molar-refractivity contribution is -0.142. The van der Waals surface area contributed by atoms with Gasteiger partial charge in [0.2, 0.25) is 11.8 Å². The van der Waals surface area contributed by atoms with Gasteiger partial charge >= 0.3 is 5.97 Å². The zero-order chi connectivity index (χ0) is 23.7. The molecule has 0 aliphatic carbocycles. The first-order valence-electron chi connectivity index (χ1n) is 10.0. The highest BCUT2D eigenvalue weighted by molar-refractivity contribution is 5.92. The minimum absolute atomic E-state index is 0.0595. The molecule has 0 saturated carbocycles. The van der Waals surface area contributed by atoms with Crippen LogP contribution in [-0.2, 0) is 20.8 Å². The van der Waals surface area contributed by atoms with Crippen LogP contribution >= 0.6 is 0 Å². The van der Waals surface area contributed by atoms with Crippen LogP contribution < -0.4 is 27.8 Å². The summed E-state index contributed by atoms with van der Waals surface area (Å²) in [6.07, 6.45) is 2.33. The van der Waals surface area contributed by atoms with Crippen LogP contribution in [0.3, 0.4) is 0 Å². The van der Waals surface area contributed by atoms with Crippen LogP contribution in [0.5, 0.6) is 0 Å². The van der Waals surface area contributed by atoms with E-state index in [1.807, 2.05) is 24.3 Å². The van der Waals surface area contributed by atoms with E-state index in [4.69, 9.17) is 17.2 Å². The summed E-state index contributed by atoms with van der Waals surface area (Å²) >= 11 is 0. The molecule has 174 valence electrons. The number of carboxylic acid groups (broad SMARTS) is 1. The molecule has 11 N–H and O–H groups in total. The number of aliphatic hydroxyl groups excluding tert-OH is 1. The van der Waals surface area contributed by atoms with Gasteiger partial charge in [-0.1, -0.05) is 18.2 Å². The van der Waals surface area contributed by atoms with E-state index in [0.29, 0.717) is 6.42 Å². The van der Waals surface area contributed by atoms with Gasteiger partial charge in [0.25, 0.3) is 0 Å². The lowest BCUT2D eigenvalue weighted by atomic mass is 10.0. The molecule has 0 spiro atoms. The molecule has 12 heteroatoms. The van der Waals surface area contributed by atoms with Crippen LogP contribution in [0, 0.1) is 0 Å². The number of fused-ring (bicyclic) bond motifs is 1. The molecule has 0 radical (unpaired) electrons. The van der Waals surface area contributed by atoms with Gasteiger partial charge in [-0.25, -0.2) is 4.79 Å². The summed E-state index contributed by atoms with van der Waals surface area (Å²) in [5.41, 5.74) is 18.1. The van der Waals surface area contributed by atoms with Gasteiger partial charge in [-0.15, -0.1) is 0 Å². The van der Waals surface area contributed by atoms with Gasteiger partial charge < -0.3 is 43.0 Å². The Morgan fingerprint density at radius 3 is 2.44 bits per heavy atom. The molecule has 0 bridgehead atoms. The third-order valence-corrected chi connectivity index (χ3v) is 4.83. The summed E-state index contributed by atoms with van der Waals surface area (Å²) < 4.78 is 0. The fraction of sp³-hybridized carbons (Fsp3) is 0.400. The Bertz CT molecular complexity index is 970. The number of benzene rings is 1. The van der Waals surface area contributed by atoms with Crippen LogP contribution in [-0.4, -0.2) is 70.2 Å². The first-order valence-corrected chi connectivity index (χ1v) is 10.0. The predicted octanol–water partition coefficient (Wildman–Crippen LogP) is -1.86. The van der Waals surface area contributed by atoms with Crippen LogP contribution in [0.15, 0.2) is 35.5 Å². The Hall–Kier alpha value is -3.64. The molecule has 1 aromatic carbocycles. The van der Waals surface area contributed by atoms with Gasteiger partial charge in [0.15, 0.2) is 5.96 Å². The Balaban J connectivity index is 1.93. The molecule has 1 heterocycles. The quantitative estimate of drug-likeness (QED) is 0.104. The number of carbonyl (C=O) groups is 3. The van der Waals surface area contributed by atoms with Crippen molar-refractivity contribution < 1.29 is 24.6 Å². The van der Waals surface area contributed by atoms with Gasteiger partial charge in [-0.3, -0.25) is 14.6 Å². The van der Waals surface area contributed by atoms with E-state index < -0.39 is 42.5 Å². The van der Waals surface area contributed by atoms with Crippen molar-refractivity contribution in [3.8, 4) is 0 Å². The van der Waals surface area contributed by atoms with E-state index in [9.17, 15) is 24.6 Å². The molecule has 2 aromatic rings. The third-order valence-electron chi connectivity index (χ3n) is 4.83. The average molecular weight is 447 g/mol. The Labute approximate surface area is 184 Å². The summed E-state index contributed by atoms with van der Waals surface area (Å²) in [6.45, 7) is -0.525. The van der Waals surface area contributed by atoms with E-state index in [2.05, 4.69) is 20.6 Å². The number of aromatic amines is 1. The molecule has 12 nitrogen and oxygen atoms in total. The van der Waals surface area contributed by atoms with E-state index in [-0.39, 0.29) is 25.3 Å². The van der Waals surface area contributed by atoms with Crippen molar-refractivity contribution in [3.63, 3.8) is 0 Å². The van der Waals surface area contributed by atoms with E-state index in [0.717, 1.165) is 16.5 Å².